The summed E-state index contributed by atoms with van der Waals surface area (Å²) in [4.78, 5) is 10.9. The summed E-state index contributed by atoms with van der Waals surface area (Å²) in [6.45, 7) is 4.73. The molecule has 23 heavy (non-hydrogen) atoms. The molecule has 1 N–H and O–H groups in total. The van der Waals surface area contributed by atoms with E-state index >= 15 is 0 Å². The standard InChI is InChI=1S/C13H21F3O5S2/c1-4-19-11(18)7-9(23-12(22)20-5-2)6-10(13(14,15)16)21-8(3)17/h9-11,18H,4-7H2,1-3H3. The first kappa shape index (κ1) is 22.4. The van der Waals surface area contributed by atoms with Gasteiger partial charge < -0.3 is 19.3 Å². The second kappa shape index (κ2) is 11.1. The summed E-state index contributed by atoms with van der Waals surface area (Å²) in [6, 6.07) is 0. The lowest BCUT2D eigenvalue weighted by atomic mass is 10.1. The van der Waals surface area contributed by atoms with Gasteiger partial charge in [0.2, 0.25) is 4.38 Å². The number of carbonyl (C=O) groups is 1. The summed E-state index contributed by atoms with van der Waals surface area (Å²) in [6.07, 6.45) is -8.91. The van der Waals surface area contributed by atoms with E-state index in [0.29, 0.717) is 0 Å². The number of carbonyl (C=O) groups excluding carboxylic acids is 1. The zero-order valence-corrected chi connectivity index (χ0v) is 14.7. The summed E-state index contributed by atoms with van der Waals surface area (Å²) >= 11 is 5.78. The minimum absolute atomic E-state index is 0.0601. The molecule has 0 fully saturated rings. The number of alkyl halides is 3. The molecule has 0 aliphatic heterocycles. The van der Waals surface area contributed by atoms with Crippen molar-refractivity contribution in [1.29, 1.82) is 0 Å². The third kappa shape index (κ3) is 10.7. The van der Waals surface area contributed by atoms with Gasteiger partial charge in [-0.1, -0.05) is 11.8 Å². The Morgan fingerprint density at radius 3 is 2.30 bits per heavy atom. The number of hydrogen-bond donors (Lipinski definition) is 1. The van der Waals surface area contributed by atoms with Crippen molar-refractivity contribution in [3.63, 3.8) is 0 Å². The molecular weight excluding hydrogens is 357 g/mol. The molecule has 0 aromatic heterocycles. The van der Waals surface area contributed by atoms with Crippen molar-refractivity contribution in [3.8, 4) is 0 Å². The lowest BCUT2D eigenvalue weighted by molar-refractivity contribution is -0.222. The van der Waals surface area contributed by atoms with E-state index in [1.165, 1.54) is 0 Å². The van der Waals surface area contributed by atoms with E-state index < -0.39 is 36.2 Å². The second-order valence-electron chi connectivity index (χ2n) is 4.44. The van der Waals surface area contributed by atoms with Crippen LogP contribution in [0.4, 0.5) is 13.2 Å². The number of hydrogen-bond acceptors (Lipinski definition) is 7. The second-order valence-corrected chi connectivity index (χ2v) is 6.35. The van der Waals surface area contributed by atoms with Crippen LogP contribution in [0.5, 0.6) is 0 Å². The lowest BCUT2D eigenvalue weighted by Crippen LogP contribution is -2.37. The molecule has 0 bridgehead atoms. The number of aliphatic hydroxyl groups excluding tert-OH is 1. The van der Waals surface area contributed by atoms with Crippen molar-refractivity contribution in [2.45, 2.75) is 57.4 Å². The number of thioether (sulfide) groups is 1. The number of rotatable bonds is 9. The number of ether oxygens (including phenoxy) is 3. The molecule has 0 aliphatic carbocycles. The highest BCUT2D eigenvalue weighted by molar-refractivity contribution is 8.23. The Kier molecular flexibility index (Phi) is 10.8. The molecule has 136 valence electrons. The third-order valence-corrected chi connectivity index (χ3v) is 3.93. The summed E-state index contributed by atoms with van der Waals surface area (Å²) in [5.41, 5.74) is 0. The van der Waals surface area contributed by atoms with Crippen molar-refractivity contribution < 1.29 is 37.3 Å². The Bertz CT molecular complexity index is 379. The van der Waals surface area contributed by atoms with Crippen LogP contribution >= 0.6 is 24.0 Å². The maximum atomic E-state index is 13.0. The van der Waals surface area contributed by atoms with Gasteiger partial charge in [-0.25, -0.2) is 0 Å². The zero-order chi connectivity index (χ0) is 18.0. The van der Waals surface area contributed by atoms with E-state index in [1.54, 1.807) is 13.8 Å². The molecule has 5 nitrogen and oxygen atoms in total. The minimum atomic E-state index is -4.71. The van der Waals surface area contributed by atoms with Crippen LogP contribution < -0.4 is 0 Å². The third-order valence-electron chi connectivity index (χ3n) is 2.50. The normalized spacial score (nSPS) is 15.6. The van der Waals surface area contributed by atoms with Gasteiger partial charge in [0.15, 0.2) is 12.4 Å². The predicted molar refractivity (Wildman–Crippen MR) is 84.1 cm³/mol. The van der Waals surface area contributed by atoms with E-state index in [2.05, 4.69) is 4.74 Å². The van der Waals surface area contributed by atoms with Crippen molar-refractivity contribution in [3.05, 3.63) is 0 Å². The smallest absolute Gasteiger partial charge is 0.425 e. The molecule has 3 atom stereocenters. The van der Waals surface area contributed by atoms with Gasteiger partial charge in [0.05, 0.1) is 6.61 Å². The first-order chi connectivity index (χ1) is 10.6. The van der Waals surface area contributed by atoms with E-state index in [4.69, 9.17) is 21.7 Å². The van der Waals surface area contributed by atoms with E-state index in [9.17, 15) is 23.1 Å². The molecule has 0 aromatic rings. The highest BCUT2D eigenvalue weighted by Gasteiger charge is 2.44. The first-order valence-electron chi connectivity index (χ1n) is 6.97. The van der Waals surface area contributed by atoms with Crippen LogP contribution in [-0.4, -0.2) is 52.5 Å². The fourth-order valence-electron chi connectivity index (χ4n) is 1.65. The molecule has 0 radical (unpaired) electrons. The summed E-state index contributed by atoms with van der Waals surface area (Å²) in [7, 11) is 0. The average molecular weight is 378 g/mol. The largest absolute Gasteiger partial charge is 0.479 e. The number of thiocarbonyl (C=S) groups is 1. The molecule has 0 amide bonds. The number of aliphatic hydroxyl groups is 1. The molecule has 0 aliphatic rings. The van der Waals surface area contributed by atoms with Crippen LogP contribution in [0.3, 0.4) is 0 Å². The van der Waals surface area contributed by atoms with E-state index in [-0.39, 0.29) is 24.0 Å². The van der Waals surface area contributed by atoms with Crippen LogP contribution in [-0.2, 0) is 19.0 Å². The molecule has 0 saturated heterocycles. The predicted octanol–water partition coefficient (Wildman–Crippen LogP) is 3.04. The Morgan fingerprint density at radius 2 is 1.87 bits per heavy atom. The summed E-state index contributed by atoms with van der Waals surface area (Å²) in [5.74, 6) is -1.03. The zero-order valence-electron chi connectivity index (χ0n) is 13.1. The topological polar surface area (TPSA) is 65.0 Å². The minimum Gasteiger partial charge on any atom is -0.479 e. The first-order valence-corrected chi connectivity index (χ1v) is 8.25. The van der Waals surface area contributed by atoms with Crippen molar-refractivity contribution >= 4 is 34.3 Å². The van der Waals surface area contributed by atoms with Crippen molar-refractivity contribution in [2.24, 2.45) is 0 Å². The Labute approximate surface area is 142 Å². The SMILES string of the molecule is CCOC(=S)SC(CC(O)OCC)CC(OC(C)=O)C(F)(F)F. The van der Waals surface area contributed by atoms with E-state index in [0.717, 1.165) is 18.7 Å². The van der Waals surface area contributed by atoms with Gasteiger partial charge in [0, 0.05) is 31.6 Å². The average Bonchev–Trinajstić information content (AvgIpc) is 2.36. The number of halogens is 3. The highest BCUT2D eigenvalue weighted by Crippen LogP contribution is 2.32. The van der Waals surface area contributed by atoms with Gasteiger partial charge in [-0.2, -0.15) is 13.2 Å². The van der Waals surface area contributed by atoms with Gasteiger partial charge in [0.25, 0.3) is 0 Å². The Morgan fingerprint density at radius 1 is 1.26 bits per heavy atom. The molecule has 0 rings (SSSR count). The summed E-state index contributed by atoms with van der Waals surface area (Å²) in [5, 5.41) is 8.86. The van der Waals surface area contributed by atoms with Crippen LogP contribution in [0.25, 0.3) is 0 Å². The Hall–Kier alpha value is -0.580. The molecule has 10 heteroatoms. The Balaban J connectivity index is 4.98. The molecule has 0 heterocycles. The van der Waals surface area contributed by atoms with Gasteiger partial charge in [-0.15, -0.1) is 0 Å². The van der Waals surface area contributed by atoms with Crippen LogP contribution in [0.15, 0.2) is 0 Å². The van der Waals surface area contributed by atoms with Crippen molar-refractivity contribution in [1.82, 2.24) is 0 Å². The molecule has 0 saturated carbocycles. The molecule has 3 unspecified atom stereocenters. The lowest BCUT2D eigenvalue weighted by Gasteiger charge is -2.26. The van der Waals surface area contributed by atoms with Crippen molar-refractivity contribution in [2.75, 3.05) is 13.2 Å². The van der Waals surface area contributed by atoms with Gasteiger partial charge in [-0.3, -0.25) is 4.79 Å². The maximum Gasteiger partial charge on any atom is 0.425 e. The monoisotopic (exact) mass is 378 g/mol. The van der Waals surface area contributed by atoms with Gasteiger partial charge in [0.1, 0.15) is 0 Å². The fraction of sp³-hybridized carbons (Fsp3) is 0.846. The van der Waals surface area contributed by atoms with Crippen LogP contribution in [0.1, 0.15) is 33.6 Å². The highest BCUT2D eigenvalue weighted by atomic mass is 32.2. The van der Waals surface area contributed by atoms with E-state index in [1.807, 2.05) is 0 Å². The fourth-order valence-corrected chi connectivity index (χ4v) is 3.17. The summed E-state index contributed by atoms with van der Waals surface area (Å²) < 4.78 is 53.3. The quantitative estimate of drug-likeness (QED) is 0.376. The maximum absolute atomic E-state index is 13.0. The van der Waals surface area contributed by atoms with Crippen LogP contribution in [0.2, 0.25) is 0 Å². The van der Waals surface area contributed by atoms with Crippen LogP contribution in [0, 0.1) is 0 Å². The van der Waals surface area contributed by atoms with Gasteiger partial charge in [-0.05, 0) is 26.1 Å². The molecule has 0 aromatic carbocycles. The van der Waals surface area contributed by atoms with Gasteiger partial charge >= 0.3 is 12.1 Å². The molecule has 0 spiro atoms. The molecular formula is C13H21F3O5S2. The number of esters is 1.